The van der Waals surface area contributed by atoms with E-state index in [-0.39, 0.29) is 11.3 Å². The molecule has 0 aromatic heterocycles. The van der Waals surface area contributed by atoms with Crippen molar-refractivity contribution < 1.29 is 4.74 Å². The quantitative estimate of drug-likeness (QED) is 0.626. The molecule has 1 heterocycles. The van der Waals surface area contributed by atoms with Crippen molar-refractivity contribution in [3.05, 3.63) is 0 Å². The molecule has 1 aliphatic heterocycles. The minimum atomic E-state index is -0.122. The lowest BCUT2D eigenvalue weighted by atomic mass is 10.00. The molecular weight excluding hydrogens is 138 g/mol. The Morgan fingerprint density at radius 3 is 2.00 bits per heavy atom. The molecule has 1 unspecified atom stereocenters. The Labute approximate surface area is 69.3 Å². The van der Waals surface area contributed by atoms with Crippen LogP contribution in [0.25, 0.3) is 0 Å². The average molecular weight is 157 g/mol. The van der Waals surface area contributed by atoms with Crippen LogP contribution in [0.1, 0.15) is 34.6 Å². The zero-order valence-electron chi connectivity index (χ0n) is 8.19. The zero-order chi connectivity index (χ0) is 8.70. The molecule has 0 bridgehead atoms. The van der Waals surface area contributed by atoms with Gasteiger partial charge in [-0.15, -0.1) is 0 Å². The maximum Gasteiger partial charge on any atom is 0.119 e. The van der Waals surface area contributed by atoms with Gasteiger partial charge in [0.25, 0.3) is 0 Å². The van der Waals surface area contributed by atoms with Gasteiger partial charge in [0.2, 0.25) is 0 Å². The van der Waals surface area contributed by atoms with Crippen molar-refractivity contribution in [1.29, 1.82) is 0 Å². The van der Waals surface area contributed by atoms with E-state index in [0.29, 0.717) is 5.92 Å². The maximum atomic E-state index is 5.71. The molecular formula is C9H19NO. The summed E-state index contributed by atoms with van der Waals surface area (Å²) in [5.74, 6) is 0.518. The Hall–Kier alpha value is -0.0800. The van der Waals surface area contributed by atoms with Gasteiger partial charge in [0.15, 0.2) is 0 Å². The molecule has 1 rings (SSSR count). The predicted molar refractivity (Wildman–Crippen MR) is 46.4 cm³/mol. The molecule has 0 saturated carbocycles. The first-order valence-corrected chi connectivity index (χ1v) is 4.29. The van der Waals surface area contributed by atoms with Crippen molar-refractivity contribution in [3.8, 4) is 0 Å². The molecule has 1 atom stereocenters. The Morgan fingerprint density at radius 2 is 1.82 bits per heavy atom. The fraction of sp³-hybridized carbons (Fsp3) is 1.00. The van der Waals surface area contributed by atoms with E-state index in [9.17, 15) is 0 Å². The Bertz CT molecular complexity index is 154. The SMILES string of the molecule is CC(C)C1(C)NC(C)(C)CO1. The fourth-order valence-corrected chi connectivity index (χ4v) is 1.39. The zero-order valence-corrected chi connectivity index (χ0v) is 8.19. The number of hydrogen-bond donors (Lipinski definition) is 1. The highest BCUT2D eigenvalue weighted by atomic mass is 16.5. The van der Waals surface area contributed by atoms with Crippen LogP contribution in [0.15, 0.2) is 0 Å². The van der Waals surface area contributed by atoms with Crippen molar-refractivity contribution in [2.45, 2.75) is 45.9 Å². The summed E-state index contributed by atoms with van der Waals surface area (Å²) < 4.78 is 5.71. The van der Waals surface area contributed by atoms with E-state index in [2.05, 4.69) is 39.9 Å². The largest absolute Gasteiger partial charge is 0.359 e. The van der Waals surface area contributed by atoms with Gasteiger partial charge in [-0.3, -0.25) is 5.32 Å². The minimum Gasteiger partial charge on any atom is -0.359 e. The van der Waals surface area contributed by atoms with Crippen molar-refractivity contribution in [1.82, 2.24) is 5.32 Å². The highest BCUT2D eigenvalue weighted by Gasteiger charge is 2.41. The van der Waals surface area contributed by atoms with Gasteiger partial charge in [0, 0.05) is 5.54 Å². The van der Waals surface area contributed by atoms with Crippen LogP contribution in [0.4, 0.5) is 0 Å². The van der Waals surface area contributed by atoms with Gasteiger partial charge in [0.1, 0.15) is 5.72 Å². The lowest BCUT2D eigenvalue weighted by Crippen LogP contribution is -2.49. The second-order valence-electron chi connectivity index (χ2n) is 4.56. The summed E-state index contributed by atoms with van der Waals surface area (Å²) in [6.07, 6.45) is 0. The molecule has 0 spiro atoms. The van der Waals surface area contributed by atoms with Gasteiger partial charge in [-0.05, 0) is 26.7 Å². The Balaban J connectivity index is 2.65. The standard InChI is InChI=1S/C9H19NO/c1-7(2)9(5)10-8(3,4)6-11-9/h7,10H,6H2,1-5H3. The van der Waals surface area contributed by atoms with Crippen molar-refractivity contribution >= 4 is 0 Å². The topological polar surface area (TPSA) is 21.3 Å². The molecule has 0 aliphatic carbocycles. The van der Waals surface area contributed by atoms with E-state index < -0.39 is 0 Å². The summed E-state index contributed by atoms with van der Waals surface area (Å²) in [6, 6.07) is 0. The van der Waals surface area contributed by atoms with Crippen molar-refractivity contribution in [2.75, 3.05) is 6.61 Å². The molecule has 0 aromatic carbocycles. The monoisotopic (exact) mass is 157 g/mol. The van der Waals surface area contributed by atoms with Crippen molar-refractivity contribution in [2.24, 2.45) is 5.92 Å². The van der Waals surface area contributed by atoms with E-state index in [1.54, 1.807) is 0 Å². The van der Waals surface area contributed by atoms with Gasteiger partial charge in [0.05, 0.1) is 6.61 Å². The lowest BCUT2D eigenvalue weighted by Gasteiger charge is -2.30. The first-order valence-electron chi connectivity index (χ1n) is 4.29. The third-order valence-corrected chi connectivity index (χ3v) is 2.42. The molecule has 66 valence electrons. The first kappa shape index (κ1) is 9.01. The van der Waals surface area contributed by atoms with Gasteiger partial charge >= 0.3 is 0 Å². The molecule has 1 N–H and O–H groups in total. The lowest BCUT2D eigenvalue weighted by molar-refractivity contribution is -0.0313. The average Bonchev–Trinajstić information content (AvgIpc) is 2.08. The third-order valence-electron chi connectivity index (χ3n) is 2.42. The summed E-state index contributed by atoms with van der Waals surface area (Å²) in [7, 11) is 0. The number of nitrogens with one attached hydrogen (secondary N) is 1. The van der Waals surface area contributed by atoms with Crippen LogP contribution in [-0.4, -0.2) is 17.9 Å². The van der Waals surface area contributed by atoms with Crippen LogP contribution in [0.3, 0.4) is 0 Å². The van der Waals surface area contributed by atoms with E-state index in [4.69, 9.17) is 4.74 Å². The molecule has 0 amide bonds. The van der Waals surface area contributed by atoms with Gasteiger partial charge < -0.3 is 4.74 Å². The molecule has 1 aliphatic rings. The van der Waals surface area contributed by atoms with E-state index in [1.807, 2.05) is 0 Å². The predicted octanol–water partition coefficient (Wildman–Crippen LogP) is 1.76. The highest BCUT2D eigenvalue weighted by Crippen LogP contribution is 2.28. The Kier molecular flexibility index (Phi) is 2.01. The Morgan fingerprint density at radius 1 is 1.27 bits per heavy atom. The first-order chi connectivity index (χ1) is 4.86. The molecule has 0 radical (unpaired) electrons. The normalized spacial score (nSPS) is 36.5. The summed E-state index contributed by atoms with van der Waals surface area (Å²) in [6.45, 7) is 11.6. The van der Waals surface area contributed by atoms with Gasteiger partial charge in [-0.2, -0.15) is 0 Å². The van der Waals surface area contributed by atoms with E-state index in [1.165, 1.54) is 0 Å². The molecule has 11 heavy (non-hydrogen) atoms. The summed E-state index contributed by atoms with van der Waals surface area (Å²) in [4.78, 5) is 0. The molecule has 1 saturated heterocycles. The third kappa shape index (κ3) is 1.74. The van der Waals surface area contributed by atoms with Gasteiger partial charge in [-0.25, -0.2) is 0 Å². The highest BCUT2D eigenvalue weighted by molar-refractivity contribution is 4.93. The van der Waals surface area contributed by atoms with Crippen molar-refractivity contribution in [3.63, 3.8) is 0 Å². The number of rotatable bonds is 1. The van der Waals surface area contributed by atoms with Crippen LogP contribution in [0.2, 0.25) is 0 Å². The minimum absolute atomic E-state index is 0.122. The smallest absolute Gasteiger partial charge is 0.119 e. The summed E-state index contributed by atoms with van der Waals surface area (Å²) in [5, 5.41) is 3.48. The number of hydrogen-bond acceptors (Lipinski definition) is 2. The van der Waals surface area contributed by atoms with Gasteiger partial charge in [-0.1, -0.05) is 13.8 Å². The number of ether oxygens (including phenoxy) is 1. The van der Waals surface area contributed by atoms with E-state index in [0.717, 1.165) is 6.61 Å². The molecule has 0 aromatic rings. The summed E-state index contributed by atoms with van der Waals surface area (Å²) >= 11 is 0. The van der Waals surface area contributed by atoms with Crippen LogP contribution >= 0.6 is 0 Å². The van der Waals surface area contributed by atoms with Crippen LogP contribution in [0.5, 0.6) is 0 Å². The maximum absolute atomic E-state index is 5.71. The fourth-order valence-electron chi connectivity index (χ4n) is 1.39. The van der Waals surface area contributed by atoms with Crippen LogP contribution in [-0.2, 0) is 4.74 Å². The molecule has 2 heteroatoms. The second-order valence-corrected chi connectivity index (χ2v) is 4.56. The van der Waals surface area contributed by atoms with Crippen LogP contribution in [0, 0.1) is 5.92 Å². The molecule has 1 fully saturated rings. The van der Waals surface area contributed by atoms with Crippen LogP contribution < -0.4 is 5.32 Å². The van der Waals surface area contributed by atoms with E-state index >= 15 is 0 Å². The molecule has 2 nitrogen and oxygen atoms in total. The second kappa shape index (κ2) is 2.46. The summed E-state index contributed by atoms with van der Waals surface area (Å²) in [5.41, 5.74) is 0.0164.